The van der Waals surface area contributed by atoms with Crippen LogP contribution in [0.3, 0.4) is 0 Å². The van der Waals surface area contributed by atoms with Gasteiger partial charge in [0.25, 0.3) is 0 Å². The molecule has 0 N–H and O–H groups in total. The predicted octanol–water partition coefficient (Wildman–Crippen LogP) is 0.779. The number of rotatable bonds is 2. The van der Waals surface area contributed by atoms with Crippen LogP contribution < -0.4 is 0 Å². The third kappa shape index (κ3) is 4.67. The summed E-state index contributed by atoms with van der Waals surface area (Å²) in [6.45, 7) is 2.90. The lowest BCUT2D eigenvalue weighted by Gasteiger charge is -2.17. The van der Waals surface area contributed by atoms with Crippen LogP contribution in [0, 0.1) is 5.41 Å². The topological polar surface area (TPSA) is 70.4 Å². The minimum absolute atomic E-state index is 0.593. The highest BCUT2D eigenvalue weighted by molar-refractivity contribution is 5.98. The van der Waals surface area contributed by atoms with Crippen LogP contribution >= 0.6 is 0 Å². The third-order valence-electron chi connectivity index (χ3n) is 2.03. The van der Waals surface area contributed by atoms with Crippen molar-refractivity contribution in [3.05, 3.63) is 18.7 Å². The van der Waals surface area contributed by atoms with Gasteiger partial charge in [-0.25, -0.2) is 4.98 Å². The fourth-order valence-corrected chi connectivity index (χ4v) is 0.919. The van der Waals surface area contributed by atoms with Gasteiger partial charge in [-0.1, -0.05) is 0 Å². The van der Waals surface area contributed by atoms with Gasteiger partial charge in [0.15, 0.2) is 5.41 Å². The van der Waals surface area contributed by atoms with E-state index in [1.807, 2.05) is 17.8 Å². The first-order valence-electron chi connectivity index (χ1n) is 4.95. The summed E-state index contributed by atoms with van der Waals surface area (Å²) in [5.74, 6) is -1.19. The van der Waals surface area contributed by atoms with E-state index in [4.69, 9.17) is 0 Å². The van der Waals surface area contributed by atoms with Crippen molar-refractivity contribution in [1.82, 2.24) is 9.55 Å². The molecule has 0 atom stereocenters. The van der Waals surface area contributed by atoms with E-state index in [0.717, 1.165) is 0 Å². The molecular weight excluding hydrogens is 224 g/mol. The molecule has 17 heavy (non-hydrogen) atoms. The Balaban J connectivity index is 0.000000354. The van der Waals surface area contributed by atoms with Crippen LogP contribution in [0.1, 0.15) is 13.8 Å². The first kappa shape index (κ1) is 15.2. The molecule has 0 amide bonds. The average molecular weight is 242 g/mol. The van der Waals surface area contributed by atoms with Gasteiger partial charge in [0.2, 0.25) is 0 Å². The van der Waals surface area contributed by atoms with E-state index in [0.29, 0.717) is 0 Å². The van der Waals surface area contributed by atoms with Gasteiger partial charge in [-0.2, -0.15) is 0 Å². The Morgan fingerprint density at radius 2 is 1.65 bits per heavy atom. The normalized spacial score (nSPS) is 9.94. The summed E-state index contributed by atoms with van der Waals surface area (Å²) in [4.78, 5) is 25.6. The third-order valence-corrected chi connectivity index (χ3v) is 2.03. The molecule has 0 fully saturated rings. The first-order chi connectivity index (χ1) is 7.86. The van der Waals surface area contributed by atoms with Gasteiger partial charge in [-0.3, -0.25) is 9.59 Å². The van der Waals surface area contributed by atoms with Crippen LogP contribution in [0.4, 0.5) is 0 Å². The molecule has 1 rings (SSSR count). The van der Waals surface area contributed by atoms with Crippen molar-refractivity contribution in [1.29, 1.82) is 0 Å². The van der Waals surface area contributed by atoms with Crippen molar-refractivity contribution in [2.75, 3.05) is 14.2 Å². The Morgan fingerprint density at radius 3 is 1.82 bits per heavy atom. The number of hydrogen-bond acceptors (Lipinski definition) is 5. The highest BCUT2D eigenvalue weighted by atomic mass is 16.5. The Hall–Kier alpha value is -1.85. The van der Waals surface area contributed by atoms with E-state index in [9.17, 15) is 9.59 Å². The summed E-state index contributed by atoms with van der Waals surface area (Å²) in [6.07, 6.45) is 5.39. The van der Waals surface area contributed by atoms with Gasteiger partial charge in [-0.15, -0.1) is 0 Å². The first-order valence-corrected chi connectivity index (χ1v) is 4.95. The molecule has 0 aliphatic rings. The Kier molecular flexibility index (Phi) is 5.95. The molecule has 6 heteroatoms. The van der Waals surface area contributed by atoms with Gasteiger partial charge in [0, 0.05) is 19.4 Å². The number of hydrogen-bond donors (Lipinski definition) is 0. The van der Waals surface area contributed by atoms with Gasteiger partial charge >= 0.3 is 11.9 Å². The van der Waals surface area contributed by atoms with E-state index in [-0.39, 0.29) is 0 Å². The zero-order chi connectivity index (χ0) is 13.5. The maximum Gasteiger partial charge on any atom is 0.322 e. The van der Waals surface area contributed by atoms with Crippen LogP contribution in [0.2, 0.25) is 0 Å². The predicted molar refractivity (Wildman–Crippen MR) is 61.0 cm³/mol. The summed E-state index contributed by atoms with van der Waals surface area (Å²) in [6, 6.07) is 0. The van der Waals surface area contributed by atoms with Gasteiger partial charge in [0.05, 0.1) is 20.5 Å². The number of ether oxygens (including phenoxy) is 2. The molecule has 0 unspecified atom stereocenters. The molecule has 96 valence electrons. The smallest absolute Gasteiger partial charge is 0.322 e. The van der Waals surface area contributed by atoms with Crippen LogP contribution in [-0.4, -0.2) is 35.7 Å². The number of nitrogens with zero attached hydrogens (tertiary/aromatic N) is 2. The SMILES string of the molecule is COC(=O)C(C)(C)C(=O)OC.Cn1ccnc1. The highest BCUT2D eigenvalue weighted by Gasteiger charge is 2.38. The number of aryl methyl sites for hydroxylation is 1. The summed E-state index contributed by atoms with van der Waals surface area (Å²) >= 11 is 0. The monoisotopic (exact) mass is 242 g/mol. The van der Waals surface area contributed by atoms with E-state index in [2.05, 4.69) is 14.5 Å². The zero-order valence-corrected chi connectivity index (χ0v) is 10.8. The van der Waals surface area contributed by atoms with Crippen LogP contribution in [0.15, 0.2) is 18.7 Å². The molecule has 1 heterocycles. The lowest BCUT2D eigenvalue weighted by Crippen LogP contribution is -2.35. The molecular formula is C11H18N2O4. The van der Waals surface area contributed by atoms with Crippen LogP contribution in [0.25, 0.3) is 0 Å². The van der Waals surface area contributed by atoms with Gasteiger partial charge < -0.3 is 14.0 Å². The lowest BCUT2D eigenvalue weighted by molar-refractivity contribution is -0.166. The maximum atomic E-state index is 10.9. The quantitative estimate of drug-likeness (QED) is 0.566. The van der Waals surface area contributed by atoms with Crippen molar-refractivity contribution in [2.24, 2.45) is 12.5 Å². The summed E-state index contributed by atoms with van der Waals surface area (Å²) in [7, 11) is 4.40. The Labute approximate surface area is 101 Å². The minimum atomic E-state index is -1.20. The largest absolute Gasteiger partial charge is 0.468 e. The number of carbonyl (C=O) groups excluding carboxylic acids is 2. The molecule has 0 saturated carbocycles. The van der Waals surface area contributed by atoms with Crippen LogP contribution in [-0.2, 0) is 26.1 Å². The maximum absolute atomic E-state index is 10.9. The highest BCUT2D eigenvalue weighted by Crippen LogP contribution is 2.18. The van der Waals surface area contributed by atoms with Crippen molar-refractivity contribution in [3.63, 3.8) is 0 Å². The molecule has 0 bridgehead atoms. The second-order valence-corrected chi connectivity index (χ2v) is 3.84. The molecule has 0 saturated heterocycles. The molecule has 0 aromatic carbocycles. The van der Waals surface area contributed by atoms with Crippen molar-refractivity contribution in [3.8, 4) is 0 Å². The van der Waals surface area contributed by atoms with Crippen molar-refractivity contribution >= 4 is 11.9 Å². The van der Waals surface area contributed by atoms with E-state index < -0.39 is 17.4 Å². The lowest BCUT2D eigenvalue weighted by atomic mass is 9.94. The minimum Gasteiger partial charge on any atom is -0.468 e. The number of imidazole rings is 1. The molecule has 1 aromatic rings. The number of methoxy groups -OCH3 is 2. The van der Waals surface area contributed by atoms with Gasteiger partial charge in [-0.05, 0) is 13.8 Å². The van der Waals surface area contributed by atoms with Gasteiger partial charge in [0.1, 0.15) is 0 Å². The Morgan fingerprint density at radius 1 is 1.18 bits per heavy atom. The number of carbonyl (C=O) groups is 2. The fraction of sp³-hybridized carbons (Fsp3) is 0.545. The number of esters is 2. The van der Waals surface area contributed by atoms with E-state index in [1.165, 1.54) is 28.1 Å². The van der Waals surface area contributed by atoms with E-state index in [1.54, 1.807) is 12.5 Å². The fourth-order valence-electron chi connectivity index (χ4n) is 0.919. The average Bonchev–Trinajstić information content (AvgIpc) is 2.78. The molecule has 0 radical (unpaired) electrons. The second kappa shape index (κ2) is 6.67. The second-order valence-electron chi connectivity index (χ2n) is 3.84. The van der Waals surface area contributed by atoms with Crippen molar-refractivity contribution < 1.29 is 19.1 Å². The molecule has 6 nitrogen and oxygen atoms in total. The molecule has 0 aliphatic carbocycles. The molecule has 0 aliphatic heterocycles. The molecule has 0 spiro atoms. The van der Waals surface area contributed by atoms with Crippen LogP contribution in [0.5, 0.6) is 0 Å². The van der Waals surface area contributed by atoms with E-state index >= 15 is 0 Å². The molecule has 1 aromatic heterocycles. The standard InChI is InChI=1S/C7H12O4.C4H6N2/c1-7(2,5(8)10-3)6(9)11-4;1-6-3-2-5-4-6/h1-4H3;2-4H,1H3. The zero-order valence-electron chi connectivity index (χ0n) is 10.8. The Bertz CT molecular complexity index is 340. The summed E-state index contributed by atoms with van der Waals surface area (Å²) in [5.41, 5.74) is -1.20. The summed E-state index contributed by atoms with van der Waals surface area (Å²) in [5, 5.41) is 0. The summed E-state index contributed by atoms with van der Waals surface area (Å²) < 4.78 is 10.7. The number of aromatic nitrogens is 2. The van der Waals surface area contributed by atoms with Crippen molar-refractivity contribution in [2.45, 2.75) is 13.8 Å².